The van der Waals surface area contributed by atoms with Crippen LogP contribution >= 0.6 is 0 Å². The predicted octanol–water partition coefficient (Wildman–Crippen LogP) is 1.97. The average molecular weight is 249 g/mol. The molecule has 5 aliphatic rings. The van der Waals surface area contributed by atoms with Crippen molar-refractivity contribution in [1.82, 2.24) is 5.06 Å². The maximum absolute atomic E-state index is 12.1. The highest BCUT2D eigenvalue weighted by Crippen LogP contribution is 2.64. The van der Waals surface area contributed by atoms with E-state index in [1.165, 1.54) is 19.3 Å². The zero-order chi connectivity index (χ0) is 12.5. The highest BCUT2D eigenvalue weighted by atomic mass is 16.5. The number of carbonyl (C=O) groups excluding carboxylic acids is 2. The first kappa shape index (κ1) is 11.0. The van der Waals surface area contributed by atoms with Gasteiger partial charge >= 0.3 is 0 Å². The fourth-order valence-corrected chi connectivity index (χ4v) is 5.70. The largest absolute Gasteiger partial charge is 0.279 e. The molecule has 4 nitrogen and oxygen atoms in total. The summed E-state index contributed by atoms with van der Waals surface area (Å²) in [5, 5.41) is 9.85. The Balaban J connectivity index is 1.68. The highest BCUT2D eigenvalue weighted by molar-refractivity contribution is 6.02. The molecule has 0 aromatic heterocycles. The Morgan fingerprint density at radius 1 is 1.00 bits per heavy atom. The van der Waals surface area contributed by atoms with E-state index in [4.69, 9.17) is 0 Å². The van der Waals surface area contributed by atoms with Gasteiger partial charge in [0.05, 0.1) is 5.92 Å². The van der Waals surface area contributed by atoms with Gasteiger partial charge in [-0.05, 0) is 61.7 Å². The molecule has 5 fully saturated rings. The predicted molar refractivity (Wildman–Crippen MR) is 62.4 cm³/mol. The van der Waals surface area contributed by atoms with Gasteiger partial charge in [0.15, 0.2) is 0 Å². The summed E-state index contributed by atoms with van der Waals surface area (Å²) < 4.78 is 0. The zero-order valence-electron chi connectivity index (χ0n) is 10.5. The molecule has 4 aliphatic carbocycles. The van der Waals surface area contributed by atoms with Crippen molar-refractivity contribution in [3.05, 3.63) is 0 Å². The summed E-state index contributed by atoms with van der Waals surface area (Å²) in [4.78, 5) is 23.6. The smallest absolute Gasteiger partial charge is 0.257 e. The van der Waals surface area contributed by atoms with E-state index >= 15 is 0 Å². The van der Waals surface area contributed by atoms with Crippen molar-refractivity contribution in [3.63, 3.8) is 0 Å². The Morgan fingerprint density at radius 2 is 1.50 bits per heavy atom. The Bertz CT molecular complexity index is 395. The molecule has 18 heavy (non-hydrogen) atoms. The first-order valence-electron chi connectivity index (χ1n) is 7.13. The lowest BCUT2D eigenvalue weighted by molar-refractivity contribution is -0.176. The van der Waals surface area contributed by atoms with Crippen molar-refractivity contribution in [2.75, 3.05) is 0 Å². The van der Waals surface area contributed by atoms with Crippen molar-refractivity contribution in [1.29, 1.82) is 0 Å². The van der Waals surface area contributed by atoms with Crippen molar-refractivity contribution in [2.45, 2.75) is 44.9 Å². The maximum Gasteiger partial charge on any atom is 0.257 e. The molecule has 5 rings (SSSR count). The molecule has 1 aliphatic heterocycles. The lowest BCUT2D eigenvalue weighted by atomic mass is 9.46. The fraction of sp³-hybridized carbons (Fsp3) is 0.857. The second kappa shape index (κ2) is 3.35. The van der Waals surface area contributed by atoms with Gasteiger partial charge in [0.25, 0.3) is 11.8 Å². The molecule has 4 bridgehead atoms. The summed E-state index contributed by atoms with van der Waals surface area (Å²) in [5.41, 5.74) is 0.0406. The zero-order valence-corrected chi connectivity index (χ0v) is 10.5. The van der Waals surface area contributed by atoms with Crippen molar-refractivity contribution < 1.29 is 14.8 Å². The summed E-state index contributed by atoms with van der Waals surface area (Å²) in [6.45, 7) is 0. The summed E-state index contributed by atoms with van der Waals surface area (Å²) in [6.07, 6.45) is 7.55. The van der Waals surface area contributed by atoms with Crippen LogP contribution in [0, 0.1) is 29.1 Å². The number of nitrogens with zero attached hydrogens (tertiary/aromatic N) is 1. The molecule has 0 aromatic rings. The number of hydrogen-bond donors (Lipinski definition) is 1. The van der Waals surface area contributed by atoms with Crippen LogP contribution in [-0.4, -0.2) is 22.1 Å². The van der Waals surface area contributed by atoms with Gasteiger partial charge < -0.3 is 0 Å². The van der Waals surface area contributed by atoms with E-state index < -0.39 is 5.91 Å². The molecular formula is C14H19NO3. The lowest BCUT2D eigenvalue weighted by Crippen LogP contribution is -2.51. The minimum absolute atomic E-state index is 0.0406. The van der Waals surface area contributed by atoms with Crippen LogP contribution in [0.1, 0.15) is 44.9 Å². The average Bonchev–Trinajstić information content (AvgIpc) is 2.56. The molecule has 4 heteroatoms. The van der Waals surface area contributed by atoms with E-state index in [1.807, 2.05) is 0 Å². The second-order valence-corrected chi connectivity index (χ2v) is 7.08. The molecule has 0 spiro atoms. The van der Waals surface area contributed by atoms with E-state index in [0.29, 0.717) is 5.06 Å². The Labute approximate surface area is 106 Å². The van der Waals surface area contributed by atoms with E-state index in [1.54, 1.807) is 0 Å². The molecule has 0 radical (unpaired) electrons. The van der Waals surface area contributed by atoms with Crippen LogP contribution in [0.25, 0.3) is 0 Å². The van der Waals surface area contributed by atoms with Gasteiger partial charge in [0.2, 0.25) is 0 Å². The summed E-state index contributed by atoms with van der Waals surface area (Å²) in [5.74, 6) is 1.34. The lowest BCUT2D eigenvalue weighted by Gasteiger charge is -2.58. The Morgan fingerprint density at radius 3 is 1.89 bits per heavy atom. The van der Waals surface area contributed by atoms with Crippen LogP contribution < -0.4 is 0 Å². The van der Waals surface area contributed by atoms with Gasteiger partial charge in [-0.25, -0.2) is 0 Å². The number of amides is 2. The standard InChI is InChI=1S/C14H19NO3/c16-12-4-11(13(17)15(12)18)14-5-8-1-9(6-14)3-10(2-8)7-14/h8-11,18H,1-7H2. The van der Waals surface area contributed by atoms with Crippen molar-refractivity contribution >= 4 is 11.8 Å². The third kappa shape index (κ3) is 1.30. The molecule has 4 saturated carbocycles. The quantitative estimate of drug-likeness (QED) is 0.571. The van der Waals surface area contributed by atoms with Gasteiger partial charge in [-0.3, -0.25) is 14.8 Å². The maximum atomic E-state index is 12.1. The minimum Gasteiger partial charge on any atom is -0.279 e. The summed E-state index contributed by atoms with van der Waals surface area (Å²) >= 11 is 0. The molecule has 0 aromatic carbocycles. The number of carbonyl (C=O) groups is 2. The van der Waals surface area contributed by atoms with Gasteiger partial charge in [-0.2, -0.15) is 5.06 Å². The van der Waals surface area contributed by atoms with E-state index in [2.05, 4.69) is 0 Å². The number of rotatable bonds is 1. The molecular weight excluding hydrogens is 230 g/mol. The van der Waals surface area contributed by atoms with E-state index in [9.17, 15) is 14.8 Å². The highest BCUT2D eigenvalue weighted by Gasteiger charge is 2.59. The van der Waals surface area contributed by atoms with Gasteiger partial charge in [-0.15, -0.1) is 0 Å². The normalized spacial score (nSPS) is 50.4. The molecule has 1 saturated heterocycles. The van der Waals surface area contributed by atoms with Crippen molar-refractivity contribution in [2.24, 2.45) is 29.1 Å². The van der Waals surface area contributed by atoms with Crippen LogP contribution in [0.2, 0.25) is 0 Å². The van der Waals surface area contributed by atoms with Gasteiger partial charge in [0, 0.05) is 6.42 Å². The summed E-state index contributed by atoms with van der Waals surface area (Å²) in [7, 11) is 0. The molecule has 1 atom stereocenters. The Hall–Kier alpha value is -0.900. The second-order valence-electron chi connectivity index (χ2n) is 7.08. The third-order valence-corrected chi connectivity index (χ3v) is 5.95. The van der Waals surface area contributed by atoms with E-state index in [-0.39, 0.29) is 23.7 Å². The topological polar surface area (TPSA) is 57.6 Å². The fourth-order valence-electron chi connectivity index (χ4n) is 5.70. The third-order valence-electron chi connectivity index (χ3n) is 5.95. The van der Waals surface area contributed by atoms with Gasteiger partial charge in [0.1, 0.15) is 0 Å². The minimum atomic E-state index is -0.402. The Kier molecular flexibility index (Phi) is 2.04. The first-order chi connectivity index (χ1) is 8.57. The molecule has 1 unspecified atom stereocenters. The summed E-state index contributed by atoms with van der Waals surface area (Å²) in [6, 6.07) is 0. The SMILES string of the molecule is O=C1CC(C23CC4CC(CC(C4)C2)C3)C(=O)N1O. The monoisotopic (exact) mass is 249 g/mol. The number of hydrogen-bond acceptors (Lipinski definition) is 3. The number of imide groups is 1. The number of hydroxylamine groups is 2. The molecule has 1 N–H and O–H groups in total. The molecule has 1 heterocycles. The first-order valence-corrected chi connectivity index (χ1v) is 7.13. The van der Waals surface area contributed by atoms with E-state index in [0.717, 1.165) is 37.0 Å². The van der Waals surface area contributed by atoms with Crippen LogP contribution in [0.5, 0.6) is 0 Å². The van der Waals surface area contributed by atoms with Crippen LogP contribution in [0.15, 0.2) is 0 Å². The molecule has 98 valence electrons. The van der Waals surface area contributed by atoms with Crippen molar-refractivity contribution in [3.8, 4) is 0 Å². The van der Waals surface area contributed by atoms with Crippen LogP contribution in [0.4, 0.5) is 0 Å². The van der Waals surface area contributed by atoms with Gasteiger partial charge in [-0.1, -0.05) is 0 Å². The molecule has 2 amide bonds. The van der Waals surface area contributed by atoms with Crippen LogP contribution in [0.3, 0.4) is 0 Å². The van der Waals surface area contributed by atoms with Crippen LogP contribution in [-0.2, 0) is 9.59 Å².